The van der Waals surface area contributed by atoms with E-state index in [0.29, 0.717) is 12.3 Å². The zero-order valence-electron chi connectivity index (χ0n) is 13.3. The van der Waals surface area contributed by atoms with Crippen LogP contribution in [0.2, 0.25) is 0 Å². The monoisotopic (exact) mass is 286 g/mol. The number of nitrogens with zero attached hydrogens (tertiary/aromatic N) is 2. The van der Waals surface area contributed by atoms with E-state index >= 15 is 0 Å². The Bertz CT molecular complexity index is 264. The van der Waals surface area contributed by atoms with Crippen LogP contribution in [0.4, 0.5) is 0 Å². The van der Waals surface area contributed by atoms with Crippen LogP contribution in [-0.2, 0) is 14.3 Å². The summed E-state index contributed by atoms with van der Waals surface area (Å²) in [6, 6.07) is 0. The average Bonchev–Trinajstić information content (AvgIpc) is 2.45. The molecule has 1 saturated heterocycles. The Morgan fingerprint density at radius 1 is 1.05 bits per heavy atom. The molecule has 0 unspecified atom stereocenters. The van der Waals surface area contributed by atoms with Gasteiger partial charge in [-0.15, -0.1) is 0 Å². The maximum Gasteiger partial charge on any atom is 0.306 e. The molecule has 118 valence electrons. The highest BCUT2D eigenvalue weighted by Crippen LogP contribution is 2.03. The van der Waals surface area contributed by atoms with Crippen molar-refractivity contribution in [3.8, 4) is 0 Å². The standard InChI is InChI=1S/C15H30N2O3/c1-14(2)5-12-20-13-11-17-9-7-16(8-10-17)6-4-15(18)19-3/h14H,4-13H2,1-3H3. The Morgan fingerprint density at radius 2 is 1.65 bits per heavy atom. The van der Waals surface area contributed by atoms with Gasteiger partial charge in [0.1, 0.15) is 0 Å². The minimum atomic E-state index is -0.119. The summed E-state index contributed by atoms with van der Waals surface area (Å²) in [6.07, 6.45) is 1.64. The number of rotatable bonds is 9. The summed E-state index contributed by atoms with van der Waals surface area (Å²) in [6.45, 7) is 12.2. The van der Waals surface area contributed by atoms with Crippen LogP contribution in [0.3, 0.4) is 0 Å². The minimum Gasteiger partial charge on any atom is -0.469 e. The van der Waals surface area contributed by atoms with Crippen molar-refractivity contribution in [2.45, 2.75) is 26.7 Å². The Labute approximate surface area is 123 Å². The number of hydrogen-bond donors (Lipinski definition) is 0. The van der Waals surface area contributed by atoms with Gasteiger partial charge in [0.15, 0.2) is 0 Å². The fraction of sp³-hybridized carbons (Fsp3) is 0.933. The van der Waals surface area contributed by atoms with E-state index < -0.39 is 0 Å². The Morgan fingerprint density at radius 3 is 2.20 bits per heavy atom. The smallest absolute Gasteiger partial charge is 0.306 e. The van der Waals surface area contributed by atoms with Gasteiger partial charge in [0, 0.05) is 45.9 Å². The lowest BCUT2D eigenvalue weighted by Gasteiger charge is -2.34. The molecule has 1 rings (SSSR count). The summed E-state index contributed by atoms with van der Waals surface area (Å²) in [5, 5.41) is 0. The third-order valence-electron chi connectivity index (χ3n) is 3.72. The molecule has 1 aliphatic rings. The third kappa shape index (κ3) is 7.82. The predicted molar refractivity (Wildman–Crippen MR) is 79.8 cm³/mol. The van der Waals surface area contributed by atoms with E-state index in [1.165, 1.54) is 7.11 Å². The van der Waals surface area contributed by atoms with Crippen LogP contribution >= 0.6 is 0 Å². The second kappa shape index (κ2) is 10.1. The van der Waals surface area contributed by atoms with E-state index in [-0.39, 0.29) is 5.97 Å². The molecule has 1 fully saturated rings. The first-order chi connectivity index (χ1) is 9.61. The van der Waals surface area contributed by atoms with Crippen molar-refractivity contribution in [2.24, 2.45) is 5.92 Å². The van der Waals surface area contributed by atoms with Crippen molar-refractivity contribution in [2.75, 3.05) is 59.6 Å². The van der Waals surface area contributed by atoms with Crippen LogP contribution < -0.4 is 0 Å². The van der Waals surface area contributed by atoms with Crippen molar-refractivity contribution in [3.63, 3.8) is 0 Å². The Balaban J connectivity index is 2.00. The molecule has 1 heterocycles. The van der Waals surface area contributed by atoms with Crippen molar-refractivity contribution in [3.05, 3.63) is 0 Å². The molecule has 0 radical (unpaired) electrons. The van der Waals surface area contributed by atoms with Crippen molar-refractivity contribution >= 4 is 5.97 Å². The van der Waals surface area contributed by atoms with Crippen LogP contribution in [0.5, 0.6) is 0 Å². The average molecular weight is 286 g/mol. The lowest BCUT2D eigenvalue weighted by atomic mass is 10.1. The number of hydrogen-bond acceptors (Lipinski definition) is 5. The third-order valence-corrected chi connectivity index (χ3v) is 3.72. The molecule has 20 heavy (non-hydrogen) atoms. The fourth-order valence-corrected chi connectivity index (χ4v) is 2.20. The second-order valence-electron chi connectivity index (χ2n) is 5.80. The van der Waals surface area contributed by atoms with Crippen LogP contribution in [-0.4, -0.2) is 75.4 Å². The predicted octanol–water partition coefficient (Wildman–Crippen LogP) is 1.23. The van der Waals surface area contributed by atoms with Gasteiger partial charge in [-0.1, -0.05) is 13.8 Å². The van der Waals surface area contributed by atoms with E-state index in [2.05, 4.69) is 28.4 Å². The molecule has 0 aliphatic carbocycles. The highest BCUT2D eigenvalue weighted by Gasteiger charge is 2.17. The van der Waals surface area contributed by atoms with E-state index in [9.17, 15) is 4.79 Å². The summed E-state index contributed by atoms with van der Waals surface area (Å²) < 4.78 is 10.3. The summed E-state index contributed by atoms with van der Waals surface area (Å²) in [5.41, 5.74) is 0. The first kappa shape index (κ1) is 17.4. The quantitative estimate of drug-likeness (QED) is 0.471. The molecule has 0 aromatic heterocycles. The van der Waals surface area contributed by atoms with E-state index in [1.807, 2.05) is 0 Å². The Hall–Kier alpha value is -0.650. The van der Waals surface area contributed by atoms with E-state index in [1.54, 1.807) is 0 Å². The number of methoxy groups -OCH3 is 1. The second-order valence-corrected chi connectivity index (χ2v) is 5.80. The van der Waals surface area contributed by atoms with Crippen LogP contribution in [0, 0.1) is 5.92 Å². The summed E-state index contributed by atoms with van der Waals surface area (Å²) in [5.74, 6) is 0.597. The number of ether oxygens (including phenoxy) is 2. The number of carbonyl (C=O) groups is 1. The molecule has 0 N–H and O–H groups in total. The van der Waals surface area contributed by atoms with Gasteiger partial charge in [0.25, 0.3) is 0 Å². The van der Waals surface area contributed by atoms with Crippen molar-refractivity contribution in [1.29, 1.82) is 0 Å². The topological polar surface area (TPSA) is 42.0 Å². The molecular weight excluding hydrogens is 256 g/mol. The van der Waals surface area contributed by atoms with Gasteiger partial charge in [0.2, 0.25) is 0 Å². The largest absolute Gasteiger partial charge is 0.469 e. The van der Waals surface area contributed by atoms with Gasteiger partial charge in [-0.2, -0.15) is 0 Å². The molecule has 0 bridgehead atoms. The summed E-state index contributed by atoms with van der Waals surface area (Å²) in [4.78, 5) is 15.9. The minimum absolute atomic E-state index is 0.119. The maximum atomic E-state index is 11.1. The molecular formula is C15H30N2O3. The van der Waals surface area contributed by atoms with Crippen molar-refractivity contribution < 1.29 is 14.3 Å². The molecule has 0 aromatic rings. The normalized spacial score (nSPS) is 17.6. The van der Waals surface area contributed by atoms with E-state index in [0.717, 1.165) is 58.9 Å². The molecule has 0 aromatic carbocycles. The lowest BCUT2D eigenvalue weighted by Crippen LogP contribution is -2.47. The van der Waals surface area contributed by atoms with Gasteiger partial charge < -0.3 is 14.4 Å². The van der Waals surface area contributed by atoms with Gasteiger partial charge in [0.05, 0.1) is 20.1 Å². The van der Waals surface area contributed by atoms with Gasteiger partial charge in [-0.25, -0.2) is 0 Å². The maximum absolute atomic E-state index is 11.1. The summed E-state index contributed by atoms with van der Waals surface area (Å²) >= 11 is 0. The molecule has 0 spiro atoms. The molecule has 5 heteroatoms. The highest BCUT2D eigenvalue weighted by atomic mass is 16.5. The van der Waals surface area contributed by atoms with Crippen LogP contribution in [0.15, 0.2) is 0 Å². The molecule has 0 atom stereocenters. The molecule has 0 saturated carbocycles. The van der Waals surface area contributed by atoms with Gasteiger partial charge in [-0.3, -0.25) is 9.69 Å². The van der Waals surface area contributed by atoms with E-state index in [4.69, 9.17) is 4.74 Å². The van der Waals surface area contributed by atoms with Crippen LogP contribution in [0.1, 0.15) is 26.7 Å². The fourth-order valence-electron chi connectivity index (χ4n) is 2.20. The zero-order chi connectivity index (χ0) is 14.8. The zero-order valence-corrected chi connectivity index (χ0v) is 13.3. The molecule has 1 aliphatic heterocycles. The van der Waals surface area contributed by atoms with Gasteiger partial charge >= 0.3 is 5.97 Å². The molecule has 0 amide bonds. The first-order valence-electron chi connectivity index (χ1n) is 7.71. The molecule has 5 nitrogen and oxygen atoms in total. The summed E-state index contributed by atoms with van der Waals surface area (Å²) in [7, 11) is 1.44. The van der Waals surface area contributed by atoms with Gasteiger partial charge in [-0.05, 0) is 12.3 Å². The highest BCUT2D eigenvalue weighted by molar-refractivity contribution is 5.69. The van der Waals surface area contributed by atoms with Crippen molar-refractivity contribution in [1.82, 2.24) is 9.80 Å². The number of piperazine rings is 1. The lowest BCUT2D eigenvalue weighted by molar-refractivity contribution is -0.141. The first-order valence-corrected chi connectivity index (χ1v) is 7.71. The number of esters is 1. The SMILES string of the molecule is COC(=O)CCN1CCN(CCOCCC(C)C)CC1. The number of carbonyl (C=O) groups excluding carboxylic acids is 1. The van der Waals surface area contributed by atoms with Crippen LogP contribution in [0.25, 0.3) is 0 Å². The Kier molecular flexibility index (Phi) is 8.82.